The van der Waals surface area contributed by atoms with Crippen LogP contribution in [0.25, 0.3) is 0 Å². The molecule has 2 aromatic rings. The number of carbonyl (C=O) groups is 2. The molecule has 2 aromatic carbocycles. The number of sulfonamides is 1. The van der Waals surface area contributed by atoms with Crippen LogP contribution >= 0.6 is 58.0 Å². The van der Waals surface area contributed by atoms with Gasteiger partial charge < -0.3 is 10.2 Å². The molecular formula is C24H28Cl5N3O4S. The van der Waals surface area contributed by atoms with Crippen LogP contribution in [0, 0.1) is 0 Å². The average Bonchev–Trinajstić information content (AvgIpc) is 2.81. The maximum Gasteiger partial charge on any atom is 0.244 e. The molecule has 0 aliphatic rings. The summed E-state index contributed by atoms with van der Waals surface area (Å²) in [5.74, 6) is -1.04. The molecule has 13 heteroatoms. The van der Waals surface area contributed by atoms with Crippen LogP contribution in [0.4, 0.5) is 5.69 Å². The zero-order valence-electron chi connectivity index (χ0n) is 20.5. The molecule has 204 valence electrons. The molecule has 0 unspecified atom stereocenters. The molecule has 1 N–H and O–H groups in total. The van der Waals surface area contributed by atoms with Crippen LogP contribution in [0.5, 0.6) is 0 Å². The fourth-order valence-corrected chi connectivity index (χ4v) is 5.64. The molecular weight excluding hydrogens is 604 g/mol. The summed E-state index contributed by atoms with van der Waals surface area (Å²) in [6.07, 6.45) is 2.84. The van der Waals surface area contributed by atoms with Crippen molar-refractivity contribution in [3.05, 3.63) is 61.0 Å². The van der Waals surface area contributed by atoms with E-state index in [2.05, 4.69) is 5.32 Å². The standard InChI is InChI=1S/C24H28Cl5N3O4S/c1-4-6-10-30-24(34)21(5-2)31(13-15-16(25)8-7-9-17(15)26)23(33)14-32(37(3,35)36)22-12-19(28)18(27)11-20(22)29/h7-9,11-12,21H,4-6,10,13-14H2,1-3H3,(H,30,34)/t21-/m0/s1. The highest BCUT2D eigenvalue weighted by atomic mass is 35.5. The highest BCUT2D eigenvalue weighted by molar-refractivity contribution is 7.92. The Balaban J connectivity index is 2.53. The monoisotopic (exact) mass is 629 g/mol. The molecule has 0 saturated carbocycles. The molecule has 1 atom stereocenters. The number of unbranched alkanes of at least 4 members (excludes halogenated alkanes) is 1. The molecule has 2 rings (SSSR count). The number of amides is 2. The van der Waals surface area contributed by atoms with E-state index in [1.165, 1.54) is 17.0 Å². The number of hydrogen-bond acceptors (Lipinski definition) is 4. The topological polar surface area (TPSA) is 86.8 Å². The highest BCUT2D eigenvalue weighted by Gasteiger charge is 2.33. The molecule has 0 radical (unpaired) electrons. The summed E-state index contributed by atoms with van der Waals surface area (Å²) in [5.41, 5.74) is 0.403. The third kappa shape index (κ3) is 8.53. The fourth-order valence-electron chi connectivity index (χ4n) is 3.58. The zero-order chi connectivity index (χ0) is 27.9. The molecule has 0 fully saturated rings. The Hall–Kier alpha value is -1.42. The maximum absolute atomic E-state index is 13.8. The first kappa shape index (κ1) is 31.8. The predicted molar refractivity (Wildman–Crippen MR) is 153 cm³/mol. The molecule has 37 heavy (non-hydrogen) atoms. The number of nitrogens with one attached hydrogen (secondary N) is 1. The van der Waals surface area contributed by atoms with Gasteiger partial charge in [-0.05, 0) is 37.1 Å². The maximum atomic E-state index is 13.8. The third-order valence-corrected chi connectivity index (χ3v) is 8.40. The van der Waals surface area contributed by atoms with Gasteiger partial charge >= 0.3 is 0 Å². The van der Waals surface area contributed by atoms with Crippen molar-refractivity contribution in [3.8, 4) is 0 Å². The minimum atomic E-state index is -4.01. The van der Waals surface area contributed by atoms with E-state index in [4.69, 9.17) is 58.0 Å². The largest absolute Gasteiger partial charge is 0.354 e. The lowest BCUT2D eigenvalue weighted by Crippen LogP contribution is -2.52. The summed E-state index contributed by atoms with van der Waals surface area (Å²) < 4.78 is 26.3. The Kier molecular flexibility index (Phi) is 12.1. The normalized spacial score (nSPS) is 12.2. The van der Waals surface area contributed by atoms with Gasteiger partial charge in [0.2, 0.25) is 21.8 Å². The quantitative estimate of drug-likeness (QED) is 0.216. The Labute approximate surface area is 243 Å². The van der Waals surface area contributed by atoms with Crippen LogP contribution in [0.15, 0.2) is 30.3 Å². The van der Waals surface area contributed by atoms with Crippen LogP contribution in [0.1, 0.15) is 38.7 Å². The Morgan fingerprint density at radius 2 is 1.54 bits per heavy atom. The molecule has 7 nitrogen and oxygen atoms in total. The molecule has 0 spiro atoms. The number of carbonyl (C=O) groups excluding carboxylic acids is 2. The zero-order valence-corrected chi connectivity index (χ0v) is 25.1. The van der Waals surface area contributed by atoms with Gasteiger partial charge in [0.1, 0.15) is 12.6 Å². The van der Waals surface area contributed by atoms with Crippen molar-refractivity contribution in [2.75, 3.05) is 23.7 Å². The number of benzene rings is 2. The van der Waals surface area contributed by atoms with Crippen molar-refractivity contribution in [1.29, 1.82) is 0 Å². The van der Waals surface area contributed by atoms with Gasteiger partial charge in [-0.25, -0.2) is 8.42 Å². The van der Waals surface area contributed by atoms with Gasteiger partial charge in [-0.1, -0.05) is 84.3 Å². The number of rotatable bonds is 12. The van der Waals surface area contributed by atoms with E-state index in [1.54, 1.807) is 25.1 Å². The summed E-state index contributed by atoms with van der Waals surface area (Å²) in [7, 11) is -4.01. The second kappa shape index (κ2) is 14.1. The lowest BCUT2D eigenvalue weighted by atomic mass is 10.1. The number of nitrogens with zero attached hydrogens (tertiary/aromatic N) is 2. The molecule has 0 saturated heterocycles. The third-order valence-electron chi connectivity index (χ3n) is 5.54. The second-order valence-corrected chi connectivity index (χ2v) is 12.2. The van der Waals surface area contributed by atoms with E-state index in [9.17, 15) is 18.0 Å². The minimum absolute atomic E-state index is 0.0160. The Morgan fingerprint density at radius 1 is 0.946 bits per heavy atom. The van der Waals surface area contributed by atoms with Gasteiger partial charge in [-0.2, -0.15) is 0 Å². The van der Waals surface area contributed by atoms with Gasteiger partial charge in [0.15, 0.2) is 0 Å². The van der Waals surface area contributed by atoms with Crippen molar-refractivity contribution < 1.29 is 18.0 Å². The summed E-state index contributed by atoms with van der Waals surface area (Å²) in [4.78, 5) is 28.1. The molecule has 2 amide bonds. The van der Waals surface area contributed by atoms with E-state index in [0.29, 0.717) is 22.2 Å². The average molecular weight is 632 g/mol. The summed E-state index contributed by atoms with van der Waals surface area (Å²) >= 11 is 31.1. The molecule has 0 heterocycles. The lowest BCUT2D eigenvalue weighted by molar-refractivity contribution is -0.140. The van der Waals surface area contributed by atoms with Gasteiger partial charge in [0, 0.05) is 28.7 Å². The number of halogens is 5. The van der Waals surface area contributed by atoms with Gasteiger partial charge in [0.05, 0.1) is 27.0 Å². The van der Waals surface area contributed by atoms with E-state index >= 15 is 0 Å². The van der Waals surface area contributed by atoms with Crippen molar-refractivity contribution in [2.24, 2.45) is 0 Å². The van der Waals surface area contributed by atoms with Gasteiger partial charge in [-0.3, -0.25) is 13.9 Å². The summed E-state index contributed by atoms with van der Waals surface area (Å²) in [5, 5.41) is 3.62. The van der Waals surface area contributed by atoms with Crippen molar-refractivity contribution in [1.82, 2.24) is 10.2 Å². The van der Waals surface area contributed by atoms with Crippen LogP contribution in [0.3, 0.4) is 0 Å². The lowest BCUT2D eigenvalue weighted by Gasteiger charge is -2.33. The number of anilines is 1. The molecule has 0 aliphatic heterocycles. The van der Waals surface area contributed by atoms with Crippen molar-refractivity contribution in [2.45, 2.75) is 45.7 Å². The van der Waals surface area contributed by atoms with Crippen LogP contribution in [-0.2, 0) is 26.2 Å². The first-order chi connectivity index (χ1) is 17.3. The van der Waals surface area contributed by atoms with E-state index < -0.39 is 28.5 Å². The first-order valence-electron chi connectivity index (χ1n) is 11.4. The summed E-state index contributed by atoms with van der Waals surface area (Å²) in [6, 6.07) is 6.54. The van der Waals surface area contributed by atoms with Gasteiger partial charge in [0.25, 0.3) is 0 Å². The SMILES string of the molecule is CCCCNC(=O)[C@H](CC)N(Cc1c(Cl)cccc1Cl)C(=O)CN(c1cc(Cl)c(Cl)cc1Cl)S(C)(=O)=O. The summed E-state index contributed by atoms with van der Waals surface area (Å²) in [6.45, 7) is 3.41. The highest BCUT2D eigenvalue weighted by Crippen LogP contribution is 2.36. The number of hydrogen-bond donors (Lipinski definition) is 1. The van der Waals surface area contributed by atoms with Crippen molar-refractivity contribution in [3.63, 3.8) is 0 Å². The Bertz CT molecular complexity index is 1220. The van der Waals surface area contributed by atoms with Crippen LogP contribution < -0.4 is 9.62 Å². The Morgan fingerprint density at radius 3 is 2.08 bits per heavy atom. The molecule has 0 bridgehead atoms. The molecule has 0 aromatic heterocycles. The predicted octanol–water partition coefficient (Wildman–Crippen LogP) is 6.44. The van der Waals surface area contributed by atoms with Crippen LogP contribution in [-0.4, -0.2) is 50.5 Å². The van der Waals surface area contributed by atoms with E-state index in [-0.39, 0.29) is 39.6 Å². The van der Waals surface area contributed by atoms with Gasteiger partial charge in [-0.15, -0.1) is 0 Å². The first-order valence-corrected chi connectivity index (χ1v) is 15.2. The minimum Gasteiger partial charge on any atom is -0.354 e. The second-order valence-electron chi connectivity index (χ2n) is 8.28. The smallest absolute Gasteiger partial charge is 0.244 e. The molecule has 0 aliphatic carbocycles. The van der Waals surface area contributed by atoms with E-state index in [1.807, 2.05) is 6.92 Å². The van der Waals surface area contributed by atoms with E-state index in [0.717, 1.165) is 23.4 Å². The van der Waals surface area contributed by atoms with Crippen molar-refractivity contribution >= 4 is 85.5 Å². The fraction of sp³-hybridized carbons (Fsp3) is 0.417. The van der Waals surface area contributed by atoms with Crippen LogP contribution in [0.2, 0.25) is 25.1 Å².